The third-order valence-electron chi connectivity index (χ3n) is 0.375. The van der Waals surface area contributed by atoms with E-state index >= 15 is 0 Å². The zero-order valence-corrected chi connectivity index (χ0v) is 4.18. The van der Waals surface area contributed by atoms with Crippen molar-refractivity contribution in [2.24, 2.45) is 0 Å². The van der Waals surface area contributed by atoms with Gasteiger partial charge in [-0.25, -0.2) is 0 Å². The van der Waals surface area contributed by atoms with Crippen molar-refractivity contribution in [2.75, 3.05) is 0 Å². The monoisotopic (exact) mass is 100 g/mol. The molecule has 0 spiro atoms. The van der Waals surface area contributed by atoms with Crippen molar-refractivity contribution in [3.05, 3.63) is 24.2 Å². The summed E-state index contributed by atoms with van der Waals surface area (Å²) >= 11 is 0. The van der Waals surface area contributed by atoms with E-state index in [1.165, 1.54) is 13.0 Å². The van der Waals surface area contributed by atoms with Crippen LogP contribution in [0.15, 0.2) is 24.2 Å². The molecule has 0 saturated heterocycles. The first-order chi connectivity index (χ1) is 3.13. The Hall–Kier alpha value is -0.920. The topological polar surface area (TPSA) is 40.5 Å². The van der Waals surface area contributed by atoms with Crippen LogP contribution in [0, 0.1) is 0 Å². The highest BCUT2D eigenvalue weighted by Crippen LogP contribution is 1.89. The Kier molecular flexibility index (Phi) is 1.99. The van der Waals surface area contributed by atoms with Gasteiger partial charge in [0.2, 0.25) is 0 Å². The Morgan fingerprint density at radius 3 is 2.00 bits per heavy atom. The zero-order valence-electron chi connectivity index (χ0n) is 4.18. The van der Waals surface area contributed by atoms with Gasteiger partial charge >= 0.3 is 0 Å². The van der Waals surface area contributed by atoms with Crippen molar-refractivity contribution in [3.63, 3.8) is 0 Å². The van der Waals surface area contributed by atoms with Crippen LogP contribution >= 0.6 is 0 Å². The maximum atomic E-state index is 8.36. The molecule has 0 heterocycles. The smallest absolute Gasteiger partial charge is 0.111 e. The average Bonchev–Trinajstić information content (AvgIpc) is 1.27. The largest absolute Gasteiger partial charge is 0.512 e. The summed E-state index contributed by atoms with van der Waals surface area (Å²) in [5.41, 5.74) is 0. The first kappa shape index (κ1) is 6.08. The highest BCUT2D eigenvalue weighted by molar-refractivity contribution is 5.07. The average molecular weight is 100 g/mol. The first-order valence-electron chi connectivity index (χ1n) is 1.88. The van der Waals surface area contributed by atoms with E-state index in [1.54, 1.807) is 0 Å². The van der Waals surface area contributed by atoms with Crippen molar-refractivity contribution >= 4 is 0 Å². The fourth-order valence-corrected chi connectivity index (χ4v) is 0.241. The van der Waals surface area contributed by atoms with E-state index in [4.69, 9.17) is 10.2 Å². The number of hydrogen-bond acceptors (Lipinski definition) is 2. The molecule has 2 N–H and O–H groups in total. The van der Waals surface area contributed by atoms with Crippen molar-refractivity contribution in [3.8, 4) is 0 Å². The third kappa shape index (κ3) is 5.08. The summed E-state index contributed by atoms with van der Waals surface area (Å²) in [5, 5.41) is 16.7. The fourth-order valence-electron chi connectivity index (χ4n) is 0.241. The quantitative estimate of drug-likeness (QED) is 0.387. The van der Waals surface area contributed by atoms with Crippen LogP contribution in [0.5, 0.6) is 0 Å². The van der Waals surface area contributed by atoms with Crippen molar-refractivity contribution in [1.82, 2.24) is 0 Å². The predicted octanol–water partition coefficient (Wildman–Crippen LogP) is 1.52. The van der Waals surface area contributed by atoms with Gasteiger partial charge in [-0.2, -0.15) is 0 Å². The Bertz CT molecular complexity index is 98.6. The van der Waals surface area contributed by atoms with Gasteiger partial charge in [0.05, 0.1) is 5.76 Å². The summed E-state index contributed by atoms with van der Waals surface area (Å²) in [4.78, 5) is 0. The fraction of sp³-hybridized carbons (Fsp3) is 0.200. The molecular formula is C5H8O2. The number of aliphatic hydroxyl groups is 2. The minimum Gasteiger partial charge on any atom is -0.512 e. The Balaban J connectivity index is 3.68. The van der Waals surface area contributed by atoms with Crippen molar-refractivity contribution in [1.29, 1.82) is 0 Å². The Morgan fingerprint density at radius 1 is 1.57 bits per heavy atom. The maximum absolute atomic E-state index is 8.36. The van der Waals surface area contributed by atoms with Crippen LogP contribution in [0.4, 0.5) is 0 Å². The van der Waals surface area contributed by atoms with Gasteiger partial charge in [0, 0.05) is 6.08 Å². The molecule has 0 aromatic carbocycles. The normalized spacial score (nSPS) is 11.3. The minimum absolute atomic E-state index is 0.0625. The van der Waals surface area contributed by atoms with Crippen LogP contribution in [0.3, 0.4) is 0 Å². The molecule has 0 aliphatic heterocycles. The molecule has 0 bridgehead atoms. The van der Waals surface area contributed by atoms with E-state index < -0.39 is 0 Å². The molecular weight excluding hydrogens is 92.1 g/mol. The molecule has 0 fully saturated rings. The molecule has 0 aromatic heterocycles. The summed E-state index contributed by atoms with van der Waals surface area (Å²) in [6.07, 6.45) is 1.17. The lowest BCUT2D eigenvalue weighted by atomic mass is 10.4. The number of allylic oxidation sites excluding steroid dienone is 2. The van der Waals surface area contributed by atoms with Gasteiger partial charge in [0.1, 0.15) is 5.76 Å². The summed E-state index contributed by atoms with van der Waals surface area (Å²) in [7, 11) is 0. The van der Waals surface area contributed by atoms with Gasteiger partial charge in [-0.15, -0.1) is 0 Å². The van der Waals surface area contributed by atoms with E-state index in [1.807, 2.05) is 0 Å². The SMILES string of the molecule is C=C(O)/C=C(/C)O. The summed E-state index contributed by atoms with van der Waals surface area (Å²) < 4.78 is 0. The molecule has 0 aliphatic rings. The molecule has 0 aliphatic carbocycles. The van der Waals surface area contributed by atoms with Gasteiger partial charge in [-0.3, -0.25) is 0 Å². The van der Waals surface area contributed by atoms with E-state index in [0.29, 0.717) is 0 Å². The molecule has 2 nitrogen and oxygen atoms in total. The summed E-state index contributed by atoms with van der Waals surface area (Å²) in [5.74, 6) is -0.0625. The second-order valence-corrected chi connectivity index (χ2v) is 1.28. The van der Waals surface area contributed by atoms with Crippen LogP contribution in [-0.2, 0) is 0 Å². The molecule has 0 atom stereocenters. The minimum atomic E-state index is -0.125. The number of hydrogen-bond donors (Lipinski definition) is 2. The van der Waals surface area contributed by atoms with E-state index in [9.17, 15) is 0 Å². The molecule has 2 heteroatoms. The van der Waals surface area contributed by atoms with Crippen LogP contribution in [-0.4, -0.2) is 10.2 Å². The Labute approximate surface area is 42.4 Å². The zero-order chi connectivity index (χ0) is 5.86. The van der Waals surface area contributed by atoms with Gasteiger partial charge < -0.3 is 10.2 Å². The number of aliphatic hydroxyl groups excluding tert-OH is 2. The molecule has 7 heavy (non-hydrogen) atoms. The lowest BCUT2D eigenvalue weighted by Gasteiger charge is -1.84. The third-order valence-corrected chi connectivity index (χ3v) is 0.375. The second kappa shape index (κ2) is 2.29. The van der Waals surface area contributed by atoms with E-state index in [0.717, 1.165) is 0 Å². The summed E-state index contributed by atoms with van der Waals surface area (Å²) in [6, 6.07) is 0. The molecule has 0 radical (unpaired) electrons. The van der Waals surface area contributed by atoms with Gasteiger partial charge in [-0.1, -0.05) is 6.58 Å². The molecule has 40 valence electrons. The van der Waals surface area contributed by atoms with Crippen molar-refractivity contribution < 1.29 is 10.2 Å². The standard InChI is InChI=1S/C5H8O2/c1-4(6)3-5(2)7/h3,6-7H,1H2,2H3/b5-3-. The first-order valence-corrected chi connectivity index (χ1v) is 1.88. The molecule has 0 amide bonds. The van der Waals surface area contributed by atoms with Gasteiger partial charge in [0.15, 0.2) is 0 Å². The lowest BCUT2D eigenvalue weighted by Crippen LogP contribution is -1.72. The van der Waals surface area contributed by atoms with Crippen LogP contribution in [0.2, 0.25) is 0 Å². The highest BCUT2D eigenvalue weighted by atomic mass is 16.3. The Morgan fingerprint density at radius 2 is 2.00 bits per heavy atom. The van der Waals surface area contributed by atoms with Crippen LogP contribution in [0.25, 0.3) is 0 Å². The molecule has 0 aromatic rings. The van der Waals surface area contributed by atoms with E-state index in [-0.39, 0.29) is 11.5 Å². The highest BCUT2D eigenvalue weighted by Gasteiger charge is 1.78. The second-order valence-electron chi connectivity index (χ2n) is 1.28. The van der Waals surface area contributed by atoms with Gasteiger partial charge in [0.25, 0.3) is 0 Å². The van der Waals surface area contributed by atoms with Crippen LogP contribution < -0.4 is 0 Å². The molecule has 0 saturated carbocycles. The van der Waals surface area contributed by atoms with Gasteiger partial charge in [-0.05, 0) is 6.92 Å². The summed E-state index contributed by atoms with van der Waals surface area (Å²) in [6.45, 7) is 4.57. The lowest BCUT2D eigenvalue weighted by molar-refractivity contribution is 0.394. The maximum Gasteiger partial charge on any atom is 0.111 e. The predicted molar refractivity (Wildman–Crippen MR) is 28.2 cm³/mol. The number of rotatable bonds is 1. The van der Waals surface area contributed by atoms with Crippen LogP contribution in [0.1, 0.15) is 6.92 Å². The molecule has 0 rings (SSSR count). The van der Waals surface area contributed by atoms with E-state index in [2.05, 4.69) is 6.58 Å². The molecule has 0 unspecified atom stereocenters. The van der Waals surface area contributed by atoms with Crippen molar-refractivity contribution in [2.45, 2.75) is 6.92 Å².